The number of unbranched alkanes of at least 4 members (excludes halogenated alkanes) is 2. The second-order valence-electron chi connectivity index (χ2n) is 6.18. The molecular weight excluding hydrogens is 297 g/mol. The van der Waals surface area contributed by atoms with Crippen LogP contribution in [0.15, 0.2) is 36.2 Å². The van der Waals surface area contributed by atoms with Crippen LogP contribution in [0.1, 0.15) is 68.9 Å². The lowest BCUT2D eigenvalue weighted by molar-refractivity contribution is 0.281. The first-order valence-corrected chi connectivity index (χ1v) is 8.41. The van der Waals surface area contributed by atoms with E-state index in [1.54, 1.807) is 0 Å². The van der Waals surface area contributed by atoms with Crippen molar-refractivity contribution in [2.75, 3.05) is 0 Å². The number of hydrogen-bond donors (Lipinski definition) is 0. The molecule has 0 unspecified atom stereocenters. The predicted molar refractivity (Wildman–Crippen MR) is 87.9 cm³/mol. The van der Waals surface area contributed by atoms with Gasteiger partial charge in [0.2, 0.25) is 0 Å². The average Bonchev–Trinajstić information content (AvgIpc) is 2.59. The van der Waals surface area contributed by atoms with Crippen LogP contribution in [0, 0.1) is 17.8 Å². The Balaban J connectivity index is 1.91. The Bertz CT molecular complexity index is 578. The molecule has 1 aliphatic rings. The topological polar surface area (TPSA) is 0 Å². The van der Waals surface area contributed by atoms with Gasteiger partial charge in [-0.1, -0.05) is 37.3 Å². The normalized spacial score (nSPS) is 20.5. The summed E-state index contributed by atoms with van der Waals surface area (Å²) in [7, 11) is 0. The molecule has 0 bridgehead atoms. The molecule has 23 heavy (non-hydrogen) atoms. The van der Waals surface area contributed by atoms with Crippen LogP contribution < -0.4 is 0 Å². The second kappa shape index (κ2) is 8.82. The maximum absolute atomic E-state index is 13.3. The summed E-state index contributed by atoms with van der Waals surface area (Å²) in [4.78, 5) is 0. The largest absolute Gasteiger partial charge is 0.301 e. The van der Waals surface area contributed by atoms with E-state index >= 15 is 0 Å². The highest BCUT2D eigenvalue weighted by molar-refractivity contribution is 5.37. The maximum atomic E-state index is 13.3. The highest BCUT2D eigenvalue weighted by Crippen LogP contribution is 2.40. The van der Waals surface area contributed by atoms with Gasteiger partial charge in [-0.15, -0.1) is 0 Å². The van der Waals surface area contributed by atoms with Crippen molar-refractivity contribution < 1.29 is 13.2 Å². The van der Waals surface area contributed by atoms with Crippen molar-refractivity contribution in [3.63, 3.8) is 0 Å². The van der Waals surface area contributed by atoms with E-state index in [0.29, 0.717) is 18.8 Å². The smallest absolute Gasteiger partial charge is 0.206 e. The van der Waals surface area contributed by atoms with Crippen LogP contribution in [0.5, 0.6) is 0 Å². The molecule has 1 saturated carbocycles. The highest BCUT2D eigenvalue weighted by atomic mass is 19.3. The van der Waals surface area contributed by atoms with Gasteiger partial charge in [0.1, 0.15) is 0 Å². The van der Waals surface area contributed by atoms with Crippen LogP contribution in [-0.4, -0.2) is 0 Å². The zero-order valence-corrected chi connectivity index (χ0v) is 13.5. The van der Waals surface area contributed by atoms with Crippen LogP contribution in [0.3, 0.4) is 0 Å². The van der Waals surface area contributed by atoms with Crippen molar-refractivity contribution in [3.8, 4) is 11.8 Å². The maximum Gasteiger partial charge on any atom is 0.301 e. The molecule has 1 aromatic rings. The summed E-state index contributed by atoms with van der Waals surface area (Å²) < 4.78 is 37.9. The fourth-order valence-corrected chi connectivity index (χ4v) is 3.10. The van der Waals surface area contributed by atoms with Crippen molar-refractivity contribution >= 4 is 0 Å². The molecule has 1 aliphatic carbocycles. The molecule has 0 heterocycles. The van der Waals surface area contributed by atoms with Crippen LogP contribution in [0.4, 0.5) is 13.2 Å². The Kier molecular flexibility index (Phi) is 6.77. The van der Waals surface area contributed by atoms with Gasteiger partial charge in [-0.2, -0.15) is 8.78 Å². The molecule has 2 rings (SSSR count). The molecule has 0 radical (unpaired) electrons. The Morgan fingerprint density at radius 3 is 2.26 bits per heavy atom. The Hall–Kier alpha value is -1.69. The van der Waals surface area contributed by atoms with Crippen molar-refractivity contribution in [3.05, 3.63) is 47.3 Å². The molecule has 1 aromatic carbocycles. The van der Waals surface area contributed by atoms with Crippen LogP contribution >= 0.6 is 0 Å². The molecule has 0 amide bonds. The molecule has 0 aromatic heterocycles. The van der Waals surface area contributed by atoms with Gasteiger partial charge in [0.05, 0.1) is 0 Å². The van der Waals surface area contributed by atoms with Gasteiger partial charge in [0, 0.05) is 17.9 Å². The molecule has 0 atom stereocenters. The van der Waals surface area contributed by atoms with Crippen molar-refractivity contribution in [1.29, 1.82) is 0 Å². The van der Waals surface area contributed by atoms with Gasteiger partial charge in [0.25, 0.3) is 0 Å². The van der Waals surface area contributed by atoms with E-state index in [1.807, 2.05) is 12.1 Å². The van der Waals surface area contributed by atoms with Crippen LogP contribution in [0.2, 0.25) is 0 Å². The lowest BCUT2D eigenvalue weighted by atomic mass is 9.78. The quantitative estimate of drug-likeness (QED) is 0.434. The molecular formula is C20H23F3. The van der Waals surface area contributed by atoms with Gasteiger partial charge in [-0.25, -0.2) is 4.39 Å². The van der Waals surface area contributed by atoms with Crippen molar-refractivity contribution in [2.45, 2.75) is 57.8 Å². The van der Waals surface area contributed by atoms with E-state index < -0.39 is 17.8 Å². The summed E-state index contributed by atoms with van der Waals surface area (Å²) in [5.41, 5.74) is 2.21. The van der Waals surface area contributed by atoms with E-state index in [2.05, 4.69) is 30.9 Å². The Labute approximate surface area is 136 Å². The standard InChI is InChI=1S/C20H23F3/c1-2-3-4-5-6-15-7-9-16(10-8-15)17-11-13-18(14-12-17)19(21)20(22)23/h7-10,17-18H,2-4,11-14H2,1H3. The van der Waals surface area contributed by atoms with E-state index in [-0.39, 0.29) is 0 Å². The SMILES string of the molecule is CCCCC#Cc1ccc(C2CCC(C(F)=C(F)F)CC2)cc1. The van der Waals surface area contributed by atoms with Gasteiger partial charge in [-0.05, 0) is 55.7 Å². The van der Waals surface area contributed by atoms with E-state index in [4.69, 9.17) is 0 Å². The van der Waals surface area contributed by atoms with Gasteiger partial charge in [0.15, 0.2) is 5.83 Å². The number of halogens is 3. The Morgan fingerprint density at radius 1 is 1.04 bits per heavy atom. The van der Waals surface area contributed by atoms with Crippen molar-refractivity contribution in [2.24, 2.45) is 5.92 Å². The molecule has 0 N–H and O–H groups in total. The molecule has 3 heteroatoms. The summed E-state index contributed by atoms with van der Waals surface area (Å²) in [6.07, 6.45) is 3.54. The zero-order chi connectivity index (χ0) is 16.7. The van der Waals surface area contributed by atoms with Gasteiger partial charge in [-0.3, -0.25) is 0 Å². The van der Waals surface area contributed by atoms with E-state index in [0.717, 1.165) is 37.7 Å². The number of benzene rings is 1. The molecule has 0 spiro atoms. The Morgan fingerprint density at radius 2 is 1.70 bits per heavy atom. The van der Waals surface area contributed by atoms with Crippen molar-refractivity contribution in [1.82, 2.24) is 0 Å². The molecule has 124 valence electrons. The predicted octanol–water partition coefficient (Wildman–Crippen LogP) is 6.58. The first-order valence-electron chi connectivity index (χ1n) is 8.41. The first kappa shape index (κ1) is 17.7. The van der Waals surface area contributed by atoms with Gasteiger partial charge < -0.3 is 0 Å². The second-order valence-corrected chi connectivity index (χ2v) is 6.18. The monoisotopic (exact) mass is 320 g/mol. The third-order valence-corrected chi connectivity index (χ3v) is 4.54. The molecule has 1 fully saturated rings. The molecule has 0 saturated heterocycles. The first-order chi connectivity index (χ1) is 11.1. The zero-order valence-electron chi connectivity index (χ0n) is 13.5. The van der Waals surface area contributed by atoms with E-state index in [1.165, 1.54) is 5.56 Å². The fourth-order valence-electron chi connectivity index (χ4n) is 3.10. The summed E-state index contributed by atoms with van der Waals surface area (Å²) in [6.45, 7) is 2.15. The third-order valence-electron chi connectivity index (χ3n) is 4.54. The summed E-state index contributed by atoms with van der Waals surface area (Å²) in [5.74, 6) is 4.85. The summed E-state index contributed by atoms with van der Waals surface area (Å²) in [6, 6.07) is 8.16. The van der Waals surface area contributed by atoms with Crippen LogP contribution in [0.25, 0.3) is 0 Å². The number of rotatable bonds is 4. The lowest BCUT2D eigenvalue weighted by Gasteiger charge is -2.27. The minimum atomic E-state index is -2.15. The minimum Gasteiger partial charge on any atom is -0.206 e. The fraction of sp³-hybridized carbons (Fsp3) is 0.500. The number of allylic oxidation sites excluding steroid dienone is 1. The lowest BCUT2D eigenvalue weighted by Crippen LogP contribution is -2.14. The average molecular weight is 320 g/mol. The van der Waals surface area contributed by atoms with Crippen LogP contribution in [-0.2, 0) is 0 Å². The van der Waals surface area contributed by atoms with Gasteiger partial charge >= 0.3 is 6.08 Å². The summed E-state index contributed by atoms with van der Waals surface area (Å²) in [5, 5.41) is 0. The molecule has 0 nitrogen and oxygen atoms in total. The third kappa shape index (κ3) is 5.16. The number of hydrogen-bond acceptors (Lipinski definition) is 0. The van der Waals surface area contributed by atoms with E-state index in [9.17, 15) is 13.2 Å². The summed E-state index contributed by atoms with van der Waals surface area (Å²) >= 11 is 0. The minimum absolute atomic E-state index is 0.337. The molecule has 0 aliphatic heterocycles. The highest BCUT2D eigenvalue weighted by Gasteiger charge is 2.27.